The van der Waals surface area contributed by atoms with Gasteiger partial charge < -0.3 is 25.2 Å². The lowest BCUT2D eigenvalue weighted by atomic mass is 9.82. The molecule has 2 aliphatic carbocycles. The first-order valence-electron chi connectivity index (χ1n) is 12.5. The van der Waals surface area contributed by atoms with Gasteiger partial charge in [0.25, 0.3) is 0 Å². The molecular weight excluding hydrogens is 426 g/mol. The van der Waals surface area contributed by atoms with Crippen molar-refractivity contribution in [1.29, 1.82) is 0 Å². The lowest BCUT2D eigenvalue weighted by Gasteiger charge is -2.40. The Hall–Kier alpha value is -1.87. The van der Waals surface area contributed by atoms with Gasteiger partial charge in [0.1, 0.15) is 11.8 Å². The van der Waals surface area contributed by atoms with Gasteiger partial charge >= 0.3 is 12.1 Å². The quantitative estimate of drug-likeness (QED) is 0.550. The van der Waals surface area contributed by atoms with Crippen molar-refractivity contribution in [2.45, 2.75) is 102 Å². The molecule has 4 rings (SSSR count). The monoisotopic (exact) mass is 465 g/mol. The molecule has 9 heteroatoms. The second-order valence-electron chi connectivity index (χ2n) is 11.3. The molecule has 2 heterocycles. The van der Waals surface area contributed by atoms with Crippen molar-refractivity contribution in [2.24, 2.45) is 17.8 Å². The molecule has 5 atom stereocenters. The minimum absolute atomic E-state index is 0.0287. The van der Waals surface area contributed by atoms with E-state index in [0.717, 1.165) is 44.9 Å². The summed E-state index contributed by atoms with van der Waals surface area (Å²) in [6.07, 6.45) is 5.79. The molecule has 0 bridgehead atoms. The Balaban J connectivity index is 1.54. The molecule has 4 aliphatic rings. The minimum Gasteiger partial charge on any atom is -0.481 e. The van der Waals surface area contributed by atoms with Gasteiger partial charge in [-0.3, -0.25) is 14.5 Å². The SMILES string of the molecule is CC(C)(C)OC(=O)NC(C1CCCCC1)C(O)N1CCC2C1C(C(=O)O)CN2C(=O)C1CC1. The van der Waals surface area contributed by atoms with Crippen LogP contribution in [0.25, 0.3) is 0 Å². The standard InChI is InChI=1S/C24H39N3O6/c1-24(2,3)33-23(32)25-18(14-7-5-4-6-8-14)21(29)26-12-11-17-19(26)16(22(30)31)13-27(17)20(28)15-9-10-15/h14-19,21,29H,4-13H2,1-3H3,(H,25,32)(H,30,31). The molecule has 9 nitrogen and oxygen atoms in total. The molecule has 2 saturated carbocycles. The number of likely N-dealkylation sites (tertiary alicyclic amines) is 2. The first-order valence-corrected chi connectivity index (χ1v) is 12.5. The van der Waals surface area contributed by atoms with Gasteiger partial charge in [0.05, 0.1) is 12.0 Å². The zero-order chi connectivity index (χ0) is 23.9. The molecule has 5 unspecified atom stereocenters. The van der Waals surface area contributed by atoms with E-state index in [1.54, 1.807) is 25.7 Å². The summed E-state index contributed by atoms with van der Waals surface area (Å²) in [5.74, 6) is -1.51. The number of amides is 2. The highest BCUT2D eigenvalue weighted by atomic mass is 16.6. The van der Waals surface area contributed by atoms with Crippen LogP contribution in [0.3, 0.4) is 0 Å². The molecule has 33 heavy (non-hydrogen) atoms. The Morgan fingerprint density at radius 1 is 1.03 bits per heavy atom. The molecule has 2 aliphatic heterocycles. The van der Waals surface area contributed by atoms with E-state index < -0.39 is 41.9 Å². The van der Waals surface area contributed by atoms with E-state index >= 15 is 0 Å². The third-order valence-corrected chi connectivity index (χ3v) is 7.70. The number of alkyl carbamates (subject to hydrolysis) is 1. The van der Waals surface area contributed by atoms with Crippen LogP contribution >= 0.6 is 0 Å². The molecule has 0 aromatic carbocycles. The molecule has 2 amide bonds. The number of hydrogen-bond acceptors (Lipinski definition) is 6. The van der Waals surface area contributed by atoms with Crippen molar-refractivity contribution in [2.75, 3.05) is 13.1 Å². The normalized spacial score (nSPS) is 30.5. The predicted molar refractivity (Wildman–Crippen MR) is 120 cm³/mol. The third-order valence-electron chi connectivity index (χ3n) is 7.70. The van der Waals surface area contributed by atoms with E-state index in [1.807, 2.05) is 4.90 Å². The summed E-state index contributed by atoms with van der Waals surface area (Å²) in [7, 11) is 0. The summed E-state index contributed by atoms with van der Waals surface area (Å²) < 4.78 is 5.47. The van der Waals surface area contributed by atoms with E-state index in [1.165, 1.54) is 0 Å². The maximum Gasteiger partial charge on any atom is 0.408 e. The highest BCUT2D eigenvalue weighted by molar-refractivity contribution is 5.83. The summed E-state index contributed by atoms with van der Waals surface area (Å²) in [6.45, 7) is 6.08. The van der Waals surface area contributed by atoms with E-state index in [2.05, 4.69) is 5.32 Å². The number of nitrogens with zero attached hydrogens (tertiary/aromatic N) is 2. The van der Waals surface area contributed by atoms with Gasteiger partial charge in [-0.05, 0) is 58.8 Å². The minimum atomic E-state index is -1.03. The van der Waals surface area contributed by atoms with Gasteiger partial charge in [-0.1, -0.05) is 19.3 Å². The fourth-order valence-electron chi connectivity index (χ4n) is 6.05. The molecule has 3 N–H and O–H groups in total. The van der Waals surface area contributed by atoms with E-state index in [-0.39, 0.29) is 30.3 Å². The van der Waals surface area contributed by atoms with Crippen molar-refractivity contribution in [1.82, 2.24) is 15.1 Å². The summed E-state index contributed by atoms with van der Waals surface area (Å²) in [4.78, 5) is 41.2. The number of carboxylic acids is 1. The van der Waals surface area contributed by atoms with Gasteiger partial charge in [-0.2, -0.15) is 0 Å². The Morgan fingerprint density at radius 3 is 2.27 bits per heavy atom. The Labute approximate surface area is 195 Å². The average molecular weight is 466 g/mol. The van der Waals surface area contributed by atoms with Crippen LogP contribution in [0.5, 0.6) is 0 Å². The van der Waals surface area contributed by atoms with Crippen LogP contribution in [0.4, 0.5) is 4.79 Å². The number of hydrogen-bond donors (Lipinski definition) is 3. The van der Waals surface area contributed by atoms with Gasteiger partial charge in [0, 0.05) is 31.1 Å². The number of carbonyl (C=O) groups is 3. The molecule has 186 valence electrons. The average Bonchev–Trinajstić information content (AvgIpc) is 3.39. The van der Waals surface area contributed by atoms with Gasteiger partial charge in [-0.25, -0.2) is 4.79 Å². The van der Waals surface area contributed by atoms with Crippen LogP contribution < -0.4 is 5.32 Å². The highest BCUT2D eigenvalue weighted by Gasteiger charge is 2.56. The molecule has 2 saturated heterocycles. The van der Waals surface area contributed by atoms with E-state index in [4.69, 9.17) is 4.74 Å². The molecule has 0 spiro atoms. The van der Waals surface area contributed by atoms with Crippen molar-refractivity contribution in [3.8, 4) is 0 Å². The number of rotatable bonds is 6. The Bertz CT molecular complexity index is 758. The number of ether oxygens (including phenoxy) is 1. The zero-order valence-electron chi connectivity index (χ0n) is 20.0. The zero-order valence-corrected chi connectivity index (χ0v) is 20.0. The number of aliphatic hydroxyl groups excluding tert-OH is 1. The predicted octanol–water partition coefficient (Wildman–Crippen LogP) is 2.17. The second kappa shape index (κ2) is 9.41. The molecule has 0 radical (unpaired) electrons. The lowest BCUT2D eigenvalue weighted by molar-refractivity contribution is -0.145. The summed E-state index contributed by atoms with van der Waals surface area (Å²) in [5, 5.41) is 24.4. The van der Waals surface area contributed by atoms with Crippen LogP contribution in [0.1, 0.15) is 72.1 Å². The van der Waals surface area contributed by atoms with Crippen LogP contribution in [-0.4, -0.2) is 81.0 Å². The number of carbonyl (C=O) groups excluding carboxylic acids is 2. The van der Waals surface area contributed by atoms with Crippen LogP contribution in [0.15, 0.2) is 0 Å². The molecule has 4 fully saturated rings. The van der Waals surface area contributed by atoms with Crippen molar-refractivity contribution >= 4 is 18.0 Å². The topological polar surface area (TPSA) is 119 Å². The van der Waals surface area contributed by atoms with E-state index in [9.17, 15) is 24.6 Å². The van der Waals surface area contributed by atoms with Crippen LogP contribution in [-0.2, 0) is 14.3 Å². The summed E-state index contributed by atoms with van der Waals surface area (Å²) in [6, 6.07) is -1.21. The first kappa shape index (κ1) is 24.3. The largest absolute Gasteiger partial charge is 0.481 e. The maximum atomic E-state index is 12.8. The van der Waals surface area contributed by atoms with Gasteiger partial charge in [-0.15, -0.1) is 0 Å². The maximum absolute atomic E-state index is 12.8. The lowest BCUT2D eigenvalue weighted by Crippen LogP contribution is -2.59. The smallest absolute Gasteiger partial charge is 0.408 e. The third kappa shape index (κ3) is 5.29. The number of aliphatic carboxylic acids is 1. The van der Waals surface area contributed by atoms with Crippen molar-refractivity contribution in [3.63, 3.8) is 0 Å². The summed E-state index contributed by atoms with van der Waals surface area (Å²) >= 11 is 0. The second-order valence-corrected chi connectivity index (χ2v) is 11.3. The number of nitrogens with one attached hydrogen (secondary N) is 1. The number of aliphatic hydroxyl groups is 1. The summed E-state index contributed by atoms with van der Waals surface area (Å²) in [5.41, 5.74) is -0.658. The molecule has 0 aromatic heterocycles. The molecule has 0 aromatic rings. The Kier molecular flexibility index (Phi) is 6.92. The van der Waals surface area contributed by atoms with Gasteiger partial charge in [0.15, 0.2) is 0 Å². The Morgan fingerprint density at radius 2 is 1.70 bits per heavy atom. The van der Waals surface area contributed by atoms with Crippen molar-refractivity contribution < 1.29 is 29.3 Å². The van der Waals surface area contributed by atoms with Gasteiger partial charge in [0.2, 0.25) is 5.91 Å². The fourth-order valence-corrected chi connectivity index (χ4v) is 6.05. The number of fused-ring (bicyclic) bond motifs is 1. The van der Waals surface area contributed by atoms with Crippen LogP contribution in [0, 0.1) is 17.8 Å². The first-order chi connectivity index (χ1) is 15.6. The van der Waals surface area contributed by atoms with Crippen LogP contribution in [0.2, 0.25) is 0 Å². The fraction of sp³-hybridized carbons (Fsp3) is 0.875. The van der Waals surface area contributed by atoms with Crippen molar-refractivity contribution in [3.05, 3.63) is 0 Å². The highest BCUT2D eigenvalue weighted by Crippen LogP contribution is 2.42. The van der Waals surface area contributed by atoms with E-state index in [0.29, 0.717) is 13.0 Å². The molecular formula is C24H39N3O6. The number of carboxylic acid groups (broad SMARTS) is 1.